The molecule has 0 aliphatic heterocycles. The van der Waals surface area contributed by atoms with Crippen LogP contribution in [0.15, 0.2) is 48.5 Å². The summed E-state index contributed by atoms with van der Waals surface area (Å²) in [6, 6.07) is 13.6. The Morgan fingerprint density at radius 2 is 1.64 bits per heavy atom. The Morgan fingerprint density at radius 1 is 1.00 bits per heavy atom. The van der Waals surface area contributed by atoms with E-state index in [9.17, 15) is 9.59 Å². The fourth-order valence-corrected chi connectivity index (χ4v) is 1.89. The van der Waals surface area contributed by atoms with E-state index in [1.807, 2.05) is 12.1 Å². The maximum Gasteiger partial charge on any atom is 0.337 e. The molecule has 0 aliphatic rings. The molecule has 0 saturated heterocycles. The van der Waals surface area contributed by atoms with Crippen LogP contribution in [0.4, 0.5) is 5.69 Å². The van der Waals surface area contributed by atoms with Crippen molar-refractivity contribution >= 4 is 17.6 Å². The first-order chi connectivity index (χ1) is 10.6. The minimum Gasteiger partial charge on any atom is -0.465 e. The van der Waals surface area contributed by atoms with Crippen molar-refractivity contribution in [1.82, 2.24) is 0 Å². The van der Waals surface area contributed by atoms with Gasteiger partial charge in [0.15, 0.2) is 0 Å². The van der Waals surface area contributed by atoms with Gasteiger partial charge >= 0.3 is 11.9 Å². The van der Waals surface area contributed by atoms with E-state index < -0.39 is 5.97 Å². The highest BCUT2D eigenvalue weighted by Gasteiger charge is 2.08. The van der Waals surface area contributed by atoms with Crippen LogP contribution in [0, 0.1) is 0 Å². The number of rotatable bonds is 5. The number of methoxy groups -OCH3 is 1. The molecule has 0 aliphatic carbocycles. The highest BCUT2D eigenvalue weighted by molar-refractivity contribution is 5.89. The molecule has 2 aromatic carbocycles. The molecule has 0 atom stereocenters. The minimum absolute atomic E-state index is 0.267. The summed E-state index contributed by atoms with van der Waals surface area (Å²) in [5, 5.41) is 0. The Hall–Kier alpha value is -2.82. The van der Waals surface area contributed by atoms with Crippen molar-refractivity contribution in [2.45, 2.75) is 12.8 Å². The number of anilines is 1. The minimum atomic E-state index is -0.429. The number of ether oxygens (including phenoxy) is 2. The molecule has 0 unspecified atom stereocenters. The summed E-state index contributed by atoms with van der Waals surface area (Å²) < 4.78 is 9.81. The molecule has 0 saturated carbocycles. The average molecular weight is 299 g/mol. The van der Waals surface area contributed by atoms with E-state index in [-0.39, 0.29) is 12.4 Å². The third-order valence-electron chi connectivity index (χ3n) is 3.10. The second-order valence-electron chi connectivity index (χ2n) is 4.73. The topological polar surface area (TPSA) is 78.6 Å². The Kier molecular flexibility index (Phi) is 5.14. The van der Waals surface area contributed by atoms with Crippen LogP contribution >= 0.6 is 0 Å². The number of carbonyl (C=O) groups excluding carboxylic acids is 2. The summed E-state index contributed by atoms with van der Waals surface area (Å²) in [5.74, 6) is -0.362. The van der Waals surface area contributed by atoms with E-state index in [2.05, 4.69) is 4.74 Å². The van der Waals surface area contributed by atoms with Crippen molar-refractivity contribution < 1.29 is 19.1 Å². The number of esters is 2. The number of nitrogens with two attached hydrogens (primary N) is 1. The van der Waals surface area contributed by atoms with E-state index >= 15 is 0 Å². The van der Waals surface area contributed by atoms with Crippen molar-refractivity contribution in [2.75, 3.05) is 12.8 Å². The van der Waals surface area contributed by atoms with E-state index in [1.165, 1.54) is 7.11 Å². The fraction of sp³-hybridized carbons (Fsp3) is 0.176. The molecular weight excluding hydrogens is 282 g/mol. The number of hydrogen-bond acceptors (Lipinski definition) is 5. The SMILES string of the molecule is COC(=O)c1ccc(OC(=O)CCc2ccc(N)cc2)cc1. The van der Waals surface area contributed by atoms with Crippen LogP contribution in [0.1, 0.15) is 22.3 Å². The lowest BCUT2D eigenvalue weighted by Gasteiger charge is -2.05. The van der Waals surface area contributed by atoms with Crippen molar-refractivity contribution in [3.05, 3.63) is 59.7 Å². The van der Waals surface area contributed by atoms with Crippen LogP contribution in [0.25, 0.3) is 0 Å². The molecule has 0 fully saturated rings. The quantitative estimate of drug-likeness (QED) is 0.521. The van der Waals surface area contributed by atoms with E-state index in [1.54, 1.807) is 36.4 Å². The van der Waals surface area contributed by atoms with Gasteiger partial charge in [-0.15, -0.1) is 0 Å². The van der Waals surface area contributed by atoms with Crippen LogP contribution in [-0.4, -0.2) is 19.0 Å². The molecule has 2 N–H and O–H groups in total. The van der Waals surface area contributed by atoms with Gasteiger partial charge in [0.25, 0.3) is 0 Å². The second-order valence-corrected chi connectivity index (χ2v) is 4.73. The van der Waals surface area contributed by atoms with Crippen LogP contribution in [0.3, 0.4) is 0 Å². The number of nitrogen functional groups attached to an aromatic ring is 1. The van der Waals surface area contributed by atoms with Crippen molar-refractivity contribution in [3.63, 3.8) is 0 Å². The molecule has 0 heterocycles. The average Bonchev–Trinajstić information content (AvgIpc) is 2.54. The molecule has 0 bridgehead atoms. The van der Waals surface area contributed by atoms with Gasteiger partial charge in [0.05, 0.1) is 12.7 Å². The lowest BCUT2D eigenvalue weighted by atomic mass is 10.1. The zero-order valence-electron chi connectivity index (χ0n) is 12.2. The molecule has 2 aromatic rings. The van der Waals surface area contributed by atoms with E-state index in [4.69, 9.17) is 10.5 Å². The standard InChI is InChI=1S/C17H17NO4/c1-21-17(20)13-5-9-15(10-6-13)22-16(19)11-4-12-2-7-14(18)8-3-12/h2-3,5-10H,4,11,18H2,1H3. The molecule has 0 spiro atoms. The van der Waals surface area contributed by atoms with E-state index in [0.29, 0.717) is 23.4 Å². The van der Waals surface area contributed by atoms with Gasteiger partial charge in [-0.3, -0.25) is 4.79 Å². The Balaban J connectivity index is 1.86. The summed E-state index contributed by atoms with van der Waals surface area (Å²) in [4.78, 5) is 23.1. The zero-order chi connectivity index (χ0) is 15.9. The zero-order valence-corrected chi connectivity index (χ0v) is 12.2. The third-order valence-corrected chi connectivity index (χ3v) is 3.10. The predicted octanol–water partition coefficient (Wildman–Crippen LogP) is 2.59. The normalized spacial score (nSPS) is 10.0. The maximum absolute atomic E-state index is 11.8. The van der Waals surface area contributed by atoms with Gasteiger partial charge in [-0.1, -0.05) is 12.1 Å². The van der Waals surface area contributed by atoms with Gasteiger partial charge < -0.3 is 15.2 Å². The number of benzene rings is 2. The summed E-state index contributed by atoms with van der Waals surface area (Å²) in [5.41, 5.74) is 7.72. The lowest BCUT2D eigenvalue weighted by Crippen LogP contribution is -2.09. The third kappa shape index (κ3) is 4.34. The number of hydrogen-bond donors (Lipinski definition) is 1. The molecule has 2 rings (SSSR count). The van der Waals surface area contributed by atoms with Crippen molar-refractivity contribution in [2.24, 2.45) is 0 Å². The highest BCUT2D eigenvalue weighted by atomic mass is 16.5. The predicted molar refractivity (Wildman–Crippen MR) is 82.6 cm³/mol. The van der Waals surface area contributed by atoms with Gasteiger partial charge in [-0.2, -0.15) is 0 Å². The molecule has 5 heteroatoms. The van der Waals surface area contributed by atoms with Crippen LogP contribution in [-0.2, 0) is 16.0 Å². The van der Waals surface area contributed by atoms with E-state index in [0.717, 1.165) is 5.56 Å². The maximum atomic E-state index is 11.8. The molecule has 5 nitrogen and oxygen atoms in total. The molecule has 0 radical (unpaired) electrons. The van der Waals surface area contributed by atoms with Gasteiger partial charge in [0, 0.05) is 12.1 Å². The Labute approximate surface area is 128 Å². The first kappa shape index (κ1) is 15.6. The Bertz CT molecular complexity index is 647. The highest BCUT2D eigenvalue weighted by Crippen LogP contribution is 2.14. The number of carbonyl (C=O) groups is 2. The van der Waals surface area contributed by atoms with Crippen molar-refractivity contribution in [1.29, 1.82) is 0 Å². The van der Waals surface area contributed by atoms with Gasteiger partial charge in [0.1, 0.15) is 5.75 Å². The van der Waals surface area contributed by atoms with Crippen LogP contribution in [0.2, 0.25) is 0 Å². The summed E-state index contributed by atoms with van der Waals surface area (Å²) in [6.45, 7) is 0. The largest absolute Gasteiger partial charge is 0.465 e. The molecule has 22 heavy (non-hydrogen) atoms. The molecule has 0 amide bonds. The van der Waals surface area contributed by atoms with Gasteiger partial charge in [0.2, 0.25) is 0 Å². The smallest absolute Gasteiger partial charge is 0.337 e. The molecule has 0 aromatic heterocycles. The second kappa shape index (κ2) is 7.26. The summed E-state index contributed by atoms with van der Waals surface area (Å²) in [6.07, 6.45) is 0.849. The lowest BCUT2D eigenvalue weighted by molar-refractivity contribution is -0.134. The monoisotopic (exact) mass is 299 g/mol. The Morgan fingerprint density at radius 3 is 2.23 bits per heavy atom. The molecular formula is C17H17NO4. The first-order valence-electron chi connectivity index (χ1n) is 6.82. The van der Waals surface area contributed by atoms with Crippen LogP contribution in [0.5, 0.6) is 5.75 Å². The van der Waals surface area contributed by atoms with Crippen LogP contribution < -0.4 is 10.5 Å². The summed E-state index contributed by atoms with van der Waals surface area (Å²) >= 11 is 0. The number of aryl methyl sites for hydroxylation is 1. The first-order valence-corrected chi connectivity index (χ1v) is 6.82. The fourth-order valence-electron chi connectivity index (χ4n) is 1.89. The van der Waals surface area contributed by atoms with Gasteiger partial charge in [-0.25, -0.2) is 4.79 Å². The van der Waals surface area contributed by atoms with Crippen molar-refractivity contribution in [3.8, 4) is 5.75 Å². The summed E-state index contributed by atoms with van der Waals surface area (Å²) in [7, 11) is 1.31. The van der Waals surface area contributed by atoms with Gasteiger partial charge in [-0.05, 0) is 48.4 Å². The molecule has 114 valence electrons.